The van der Waals surface area contributed by atoms with Gasteiger partial charge in [-0.15, -0.1) is 5.10 Å². The third kappa shape index (κ3) is 3.72. The van der Waals surface area contributed by atoms with Crippen LogP contribution in [0.5, 0.6) is 5.88 Å². The Morgan fingerprint density at radius 3 is 2.63 bits per heavy atom. The van der Waals surface area contributed by atoms with Crippen LogP contribution in [0.3, 0.4) is 0 Å². The van der Waals surface area contributed by atoms with Gasteiger partial charge in [0.1, 0.15) is 5.82 Å². The molecule has 0 saturated carbocycles. The maximum Gasteiger partial charge on any atom is 0.409 e. The van der Waals surface area contributed by atoms with Crippen LogP contribution in [0.1, 0.15) is 36.2 Å². The molecule has 0 radical (unpaired) electrons. The van der Waals surface area contributed by atoms with Gasteiger partial charge in [-0.1, -0.05) is 36.5 Å². The first kappa shape index (κ1) is 20.5. The maximum absolute atomic E-state index is 14.8. The number of hydrogen-bond acceptors (Lipinski definition) is 7. The zero-order valence-corrected chi connectivity index (χ0v) is 17.7. The van der Waals surface area contributed by atoms with Crippen molar-refractivity contribution in [1.82, 2.24) is 24.4 Å². The molecule has 0 aliphatic carbocycles. The molecule has 3 heterocycles. The zero-order valence-electron chi connectivity index (χ0n) is 16.9. The van der Waals surface area contributed by atoms with Gasteiger partial charge in [0.25, 0.3) is 0 Å². The van der Waals surface area contributed by atoms with Gasteiger partial charge in [-0.3, -0.25) is 4.90 Å². The number of amides is 1. The number of thiazole rings is 1. The predicted octanol–water partition coefficient (Wildman–Crippen LogP) is 3.06. The van der Waals surface area contributed by atoms with E-state index < -0.39 is 6.04 Å². The van der Waals surface area contributed by atoms with Gasteiger partial charge >= 0.3 is 6.09 Å². The molecular formula is C20H24FN5O3S. The van der Waals surface area contributed by atoms with Crippen LogP contribution in [-0.4, -0.2) is 68.4 Å². The maximum atomic E-state index is 14.8. The van der Waals surface area contributed by atoms with E-state index in [1.807, 2.05) is 6.92 Å². The van der Waals surface area contributed by atoms with Crippen LogP contribution in [0.4, 0.5) is 9.18 Å². The number of benzene rings is 1. The Balaban J connectivity index is 1.69. The molecule has 10 heteroatoms. The van der Waals surface area contributed by atoms with E-state index in [-0.39, 0.29) is 17.8 Å². The standard InChI is InChI=1S/C20H24FN5O3S/c1-3-15-22-19-26(23-15)18(27)17(30-19)16(13-7-5-6-8-14(13)21)24-9-11-25(12-10-24)20(28)29-4-2/h5-8,16,27H,3-4,9-12H2,1-2H3. The summed E-state index contributed by atoms with van der Waals surface area (Å²) in [7, 11) is 0. The van der Waals surface area contributed by atoms with E-state index >= 15 is 0 Å². The van der Waals surface area contributed by atoms with Crippen LogP contribution in [0.25, 0.3) is 4.96 Å². The van der Waals surface area contributed by atoms with Crippen LogP contribution in [-0.2, 0) is 11.2 Å². The molecule has 3 aromatic rings. The molecule has 1 unspecified atom stereocenters. The molecular weight excluding hydrogens is 409 g/mol. The highest BCUT2D eigenvalue weighted by Gasteiger charge is 2.34. The molecule has 2 aromatic heterocycles. The van der Waals surface area contributed by atoms with E-state index in [0.29, 0.717) is 60.4 Å². The first-order valence-corrected chi connectivity index (χ1v) is 10.8. The lowest BCUT2D eigenvalue weighted by atomic mass is 10.0. The smallest absolute Gasteiger partial charge is 0.409 e. The van der Waals surface area contributed by atoms with E-state index in [1.165, 1.54) is 21.9 Å². The fraction of sp³-hybridized carbons (Fsp3) is 0.450. The second-order valence-electron chi connectivity index (χ2n) is 7.01. The number of rotatable bonds is 5. The number of hydrogen-bond donors (Lipinski definition) is 1. The zero-order chi connectivity index (χ0) is 21.3. The lowest BCUT2D eigenvalue weighted by Crippen LogP contribution is -2.50. The molecule has 1 aromatic carbocycles. The summed E-state index contributed by atoms with van der Waals surface area (Å²) in [6, 6.07) is 6.06. The van der Waals surface area contributed by atoms with Crippen molar-refractivity contribution < 1.29 is 19.0 Å². The number of aromatic nitrogens is 3. The van der Waals surface area contributed by atoms with Gasteiger partial charge in [-0.05, 0) is 13.0 Å². The van der Waals surface area contributed by atoms with Crippen molar-refractivity contribution in [2.45, 2.75) is 26.3 Å². The quantitative estimate of drug-likeness (QED) is 0.666. The van der Waals surface area contributed by atoms with E-state index in [9.17, 15) is 14.3 Å². The number of aryl methyl sites for hydroxylation is 1. The van der Waals surface area contributed by atoms with Gasteiger partial charge < -0.3 is 14.7 Å². The fourth-order valence-electron chi connectivity index (χ4n) is 3.70. The molecule has 1 saturated heterocycles. The Hall–Kier alpha value is -2.72. The Bertz CT molecular complexity index is 1040. The van der Waals surface area contributed by atoms with E-state index in [2.05, 4.69) is 15.0 Å². The van der Waals surface area contributed by atoms with Crippen LogP contribution in [0, 0.1) is 5.82 Å². The van der Waals surface area contributed by atoms with Gasteiger partial charge in [0.15, 0.2) is 5.82 Å². The number of piperazine rings is 1. The third-order valence-electron chi connectivity index (χ3n) is 5.21. The lowest BCUT2D eigenvalue weighted by Gasteiger charge is -2.38. The van der Waals surface area contributed by atoms with E-state index in [4.69, 9.17) is 4.74 Å². The number of carbonyl (C=O) groups excluding carboxylic acids is 1. The number of nitrogens with zero attached hydrogens (tertiary/aromatic N) is 5. The molecule has 0 spiro atoms. The van der Waals surface area contributed by atoms with Gasteiger partial charge in [-0.25, -0.2) is 14.2 Å². The summed E-state index contributed by atoms with van der Waals surface area (Å²) in [4.78, 5) is 21.4. The number of fused-ring (bicyclic) bond motifs is 1. The van der Waals surface area contributed by atoms with E-state index in [1.54, 1.807) is 30.0 Å². The van der Waals surface area contributed by atoms with Gasteiger partial charge in [0.2, 0.25) is 10.8 Å². The third-order valence-corrected chi connectivity index (χ3v) is 6.29. The summed E-state index contributed by atoms with van der Waals surface area (Å²) in [5.41, 5.74) is 0.470. The summed E-state index contributed by atoms with van der Waals surface area (Å²) >= 11 is 1.31. The number of aromatic hydroxyl groups is 1. The van der Waals surface area contributed by atoms with Crippen molar-refractivity contribution in [3.8, 4) is 5.88 Å². The molecule has 30 heavy (non-hydrogen) atoms. The highest BCUT2D eigenvalue weighted by molar-refractivity contribution is 7.17. The molecule has 1 N–H and O–H groups in total. The molecule has 1 fully saturated rings. The molecule has 0 bridgehead atoms. The minimum absolute atomic E-state index is 0.0247. The van der Waals surface area contributed by atoms with Crippen molar-refractivity contribution in [1.29, 1.82) is 0 Å². The average Bonchev–Trinajstić information content (AvgIpc) is 3.29. The molecule has 4 rings (SSSR count). The Labute approximate surface area is 177 Å². The lowest BCUT2D eigenvalue weighted by molar-refractivity contribution is 0.0710. The van der Waals surface area contributed by atoms with Crippen molar-refractivity contribution >= 4 is 22.4 Å². The summed E-state index contributed by atoms with van der Waals surface area (Å²) in [5.74, 6) is 0.278. The monoisotopic (exact) mass is 433 g/mol. The first-order chi connectivity index (χ1) is 14.5. The normalized spacial score (nSPS) is 16.2. The van der Waals surface area contributed by atoms with Gasteiger partial charge in [0.05, 0.1) is 17.5 Å². The molecule has 1 amide bonds. The highest BCUT2D eigenvalue weighted by Crippen LogP contribution is 2.41. The molecule has 1 aliphatic rings. The highest BCUT2D eigenvalue weighted by atomic mass is 32.1. The Morgan fingerprint density at radius 2 is 2.00 bits per heavy atom. The minimum Gasteiger partial charge on any atom is -0.492 e. The van der Waals surface area contributed by atoms with Crippen molar-refractivity contribution in [2.75, 3.05) is 32.8 Å². The SMILES string of the molecule is CCOC(=O)N1CCN(C(c2ccccc2F)c2sc3nc(CC)nn3c2O)CC1. The second kappa shape index (κ2) is 8.57. The molecule has 1 aliphatic heterocycles. The summed E-state index contributed by atoms with van der Waals surface area (Å²) in [6.45, 7) is 6.01. The average molecular weight is 434 g/mol. The largest absolute Gasteiger partial charge is 0.492 e. The van der Waals surface area contributed by atoms with Crippen LogP contribution in [0.15, 0.2) is 24.3 Å². The second-order valence-corrected chi connectivity index (χ2v) is 8.02. The molecule has 8 nitrogen and oxygen atoms in total. The summed E-state index contributed by atoms with van der Waals surface area (Å²) in [6.07, 6.45) is 0.323. The summed E-state index contributed by atoms with van der Waals surface area (Å²) < 4.78 is 21.3. The van der Waals surface area contributed by atoms with Crippen LogP contribution < -0.4 is 0 Å². The summed E-state index contributed by atoms with van der Waals surface area (Å²) in [5, 5.41) is 15.2. The Morgan fingerprint density at radius 1 is 1.27 bits per heavy atom. The van der Waals surface area contributed by atoms with Crippen LogP contribution in [0.2, 0.25) is 0 Å². The van der Waals surface area contributed by atoms with Crippen LogP contribution >= 0.6 is 11.3 Å². The Kier molecular flexibility index (Phi) is 5.87. The number of ether oxygens (including phenoxy) is 1. The van der Waals surface area contributed by atoms with E-state index in [0.717, 1.165) is 0 Å². The molecule has 160 valence electrons. The van der Waals surface area contributed by atoms with Gasteiger partial charge in [0, 0.05) is 38.2 Å². The van der Waals surface area contributed by atoms with Gasteiger partial charge in [-0.2, -0.15) is 4.52 Å². The topological polar surface area (TPSA) is 83.2 Å². The number of carbonyl (C=O) groups is 1. The predicted molar refractivity (Wildman–Crippen MR) is 110 cm³/mol. The van der Waals surface area contributed by atoms with Crippen molar-refractivity contribution in [3.05, 3.63) is 46.3 Å². The molecule has 1 atom stereocenters. The van der Waals surface area contributed by atoms with Crippen molar-refractivity contribution in [3.63, 3.8) is 0 Å². The minimum atomic E-state index is -0.505. The number of halogens is 1. The van der Waals surface area contributed by atoms with Crippen molar-refractivity contribution in [2.24, 2.45) is 0 Å². The fourth-order valence-corrected chi connectivity index (χ4v) is 4.82. The first-order valence-electron chi connectivity index (χ1n) is 10.0.